The Labute approximate surface area is 125 Å². The minimum atomic E-state index is 0.421. The van der Waals surface area contributed by atoms with Gasteiger partial charge in [-0.25, -0.2) is 0 Å². The van der Waals surface area contributed by atoms with E-state index >= 15 is 0 Å². The first-order chi connectivity index (χ1) is 9.84. The molecule has 1 aliphatic rings. The van der Waals surface area contributed by atoms with Crippen LogP contribution in [0.2, 0.25) is 0 Å². The highest BCUT2D eigenvalue weighted by atomic mass is 32.2. The standard InChI is InChI=1S/C18H21NS/c1-14-12-13-20-18(19-14)17(15-8-4-2-5-9-15)16-10-6-3-7-11-16/h2-11,14,17-19H,12-13H2,1H3. The van der Waals surface area contributed by atoms with Crippen LogP contribution in [0.5, 0.6) is 0 Å². The molecule has 2 heteroatoms. The molecule has 2 unspecified atom stereocenters. The summed E-state index contributed by atoms with van der Waals surface area (Å²) < 4.78 is 0. The number of thioether (sulfide) groups is 1. The predicted molar refractivity (Wildman–Crippen MR) is 88.2 cm³/mol. The second-order valence-corrected chi connectivity index (χ2v) is 6.70. The van der Waals surface area contributed by atoms with Gasteiger partial charge in [-0.3, -0.25) is 0 Å². The van der Waals surface area contributed by atoms with E-state index in [9.17, 15) is 0 Å². The molecule has 2 aromatic rings. The van der Waals surface area contributed by atoms with E-state index in [0.29, 0.717) is 17.3 Å². The van der Waals surface area contributed by atoms with E-state index in [0.717, 1.165) is 0 Å². The van der Waals surface area contributed by atoms with Gasteiger partial charge in [0.05, 0.1) is 5.37 Å². The van der Waals surface area contributed by atoms with Crippen LogP contribution in [0.25, 0.3) is 0 Å². The predicted octanol–water partition coefficient (Wildman–Crippen LogP) is 4.26. The van der Waals surface area contributed by atoms with Gasteiger partial charge < -0.3 is 5.32 Å². The Hall–Kier alpha value is -1.25. The van der Waals surface area contributed by atoms with Gasteiger partial charge in [0.25, 0.3) is 0 Å². The van der Waals surface area contributed by atoms with Crippen molar-refractivity contribution in [3.63, 3.8) is 0 Å². The summed E-state index contributed by atoms with van der Waals surface area (Å²) in [6.07, 6.45) is 1.26. The van der Waals surface area contributed by atoms with E-state index in [4.69, 9.17) is 0 Å². The summed E-state index contributed by atoms with van der Waals surface area (Å²) in [4.78, 5) is 0. The normalized spacial score (nSPS) is 22.9. The highest BCUT2D eigenvalue weighted by Gasteiger charge is 2.28. The lowest BCUT2D eigenvalue weighted by Crippen LogP contribution is -2.42. The maximum absolute atomic E-state index is 3.78. The summed E-state index contributed by atoms with van der Waals surface area (Å²) in [5.74, 6) is 1.67. The minimum absolute atomic E-state index is 0.421. The van der Waals surface area contributed by atoms with Gasteiger partial charge in [0, 0.05) is 12.0 Å². The third-order valence-corrected chi connectivity index (χ3v) is 5.16. The molecule has 1 aliphatic heterocycles. The Morgan fingerprint density at radius 1 is 0.950 bits per heavy atom. The van der Waals surface area contributed by atoms with Crippen LogP contribution in [0.4, 0.5) is 0 Å². The first-order valence-corrected chi connectivity index (χ1v) is 8.37. The number of hydrogen-bond acceptors (Lipinski definition) is 2. The van der Waals surface area contributed by atoms with Gasteiger partial charge >= 0.3 is 0 Å². The summed E-state index contributed by atoms with van der Waals surface area (Å²) in [7, 11) is 0. The second-order valence-electron chi connectivity index (χ2n) is 5.45. The molecule has 20 heavy (non-hydrogen) atoms. The zero-order valence-corrected chi connectivity index (χ0v) is 12.6. The van der Waals surface area contributed by atoms with E-state index < -0.39 is 0 Å². The molecular formula is C18H21NS. The van der Waals surface area contributed by atoms with Crippen LogP contribution in [0.3, 0.4) is 0 Å². The summed E-state index contributed by atoms with van der Waals surface area (Å²) in [6, 6.07) is 22.4. The van der Waals surface area contributed by atoms with Crippen LogP contribution in [-0.2, 0) is 0 Å². The Bertz CT molecular complexity index is 486. The lowest BCUT2D eigenvalue weighted by atomic mass is 9.90. The average Bonchev–Trinajstić information content (AvgIpc) is 2.50. The Balaban J connectivity index is 1.95. The average molecular weight is 283 g/mol. The zero-order chi connectivity index (χ0) is 13.8. The second kappa shape index (κ2) is 6.47. The van der Waals surface area contributed by atoms with Gasteiger partial charge in [-0.05, 0) is 30.2 Å². The van der Waals surface area contributed by atoms with Gasteiger partial charge in [0.15, 0.2) is 0 Å². The molecule has 1 N–H and O–H groups in total. The van der Waals surface area contributed by atoms with Crippen molar-refractivity contribution in [1.82, 2.24) is 5.32 Å². The number of hydrogen-bond donors (Lipinski definition) is 1. The molecular weight excluding hydrogens is 262 g/mol. The molecule has 0 bridgehead atoms. The molecule has 0 saturated carbocycles. The molecule has 0 radical (unpaired) electrons. The lowest BCUT2D eigenvalue weighted by Gasteiger charge is -2.35. The van der Waals surface area contributed by atoms with Crippen LogP contribution in [0, 0.1) is 0 Å². The van der Waals surface area contributed by atoms with Crippen LogP contribution in [0.15, 0.2) is 60.7 Å². The molecule has 0 aliphatic carbocycles. The third kappa shape index (κ3) is 3.08. The van der Waals surface area contributed by atoms with Crippen molar-refractivity contribution in [3.05, 3.63) is 71.8 Å². The molecule has 1 fully saturated rings. The number of rotatable bonds is 3. The summed E-state index contributed by atoms with van der Waals surface area (Å²) in [5.41, 5.74) is 2.80. The highest BCUT2D eigenvalue weighted by Crippen LogP contribution is 2.35. The summed E-state index contributed by atoms with van der Waals surface area (Å²) in [5, 5.41) is 4.24. The fourth-order valence-electron chi connectivity index (χ4n) is 2.84. The van der Waals surface area contributed by atoms with Gasteiger partial charge in [0.2, 0.25) is 0 Å². The van der Waals surface area contributed by atoms with Gasteiger partial charge in [0.1, 0.15) is 0 Å². The van der Waals surface area contributed by atoms with Crippen molar-refractivity contribution in [3.8, 4) is 0 Å². The van der Waals surface area contributed by atoms with E-state index in [2.05, 4.69) is 84.7 Å². The summed E-state index contributed by atoms with van der Waals surface area (Å²) >= 11 is 2.05. The molecule has 1 nitrogen and oxygen atoms in total. The molecule has 1 heterocycles. The van der Waals surface area contributed by atoms with Crippen molar-refractivity contribution < 1.29 is 0 Å². The number of benzene rings is 2. The fourth-order valence-corrected chi connectivity index (χ4v) is 4.42. The molecule has 2 aromatic carbocycles. The quantitative estimate of drug-likeness (QED) is 0.903. The highest BCUT2D eigenvalue weighted by molar-refractivity contribution is 7.99. The van der Waals surface area contributed by atoms with Gasteiger partial charge in [-0.2, -0.15) is 0 Å². The monoisotopic (exact) mass is 283 g/mol. The van der Waals surface area contributed by atoms with Crippen molar-refractivity contribution in [2.24, 2.45) is 0 Å². The Morgan fingerprint density at radius 2 is 1.50 bits per heavy atom. The van der Waals surface area contributed by atoms with Crippen LogP contribution < -0.4 is 5.32 Å². The third-order valence-electron chi connectivity index (χ3n) is 3.92. The van der Waals surface area contributed by atoms with Crippen molar-refractivity contribution in [2.75, 3.05) is 5.75 Å². The minimum Gasteiger partial charge on any atom is -0.302 e. The van der Waals surface area contributed by atoms with E-state index in [1.165, 1.54) is 23.3 Å². The van der Waals surface area contributed by atoms with E-state index in [1.54, 1.807) is 0 Å². The molecule has 3 rings (SSSR count). The van der Waals surface area contributed by atoms with Crippen molar-refractivity contribution >= 4 is 11.8 Å². The molecule has 0 amide bonds. The van der Waals surface area contributed by atoms with E-state index in [1.807, 2.05) is 0 Å². The molecule has 0 spiro atoms. The van der Waals surface area contributed by atoms with Gasteiger partial charge in [-0.1, -0.05) is 60.7 Å². The SMILES string of the molecule is CC1CCSC(C(c2ccccc2)c2ccccc2)N1. The van der Waals surface area contributed by atoms with E-state index in [-0.39, 0.29) is 0 Å². The largest absolute Gasteiger partial charge is 0.302 e. The van der Waals surface area contributed by atoms with Crippen LogP contribution >= 0.6 is 11.8 Å². The zero-order valence-electron chi connectivity index (χ0n) is 11.8. The summed E-state index contributed by atoms with van der Waals surface area (Å²) in [6.45, 7) is 2.29. The van der Waals surface area contributed by atoms with Crippen molar-refractivity contribution in [1.29, 1.82) is 0 Å². The first kappa shape index (κ1) is 13.7. The fraction of sp³-hybridized carbons (Fsp3) is 0.333. The smallest absolute Gasteiger partial charge is 0.0644 e. The lowest BCUT2D eigenvalue weighted by molar-refractivity contribution is 0.477. The topological polar surface area (TPSA) is 12.0 Å². The van der Waals surface area contributed by atoms with Crippen LogP contribution in [0.1, 0.15) is 30.4 Å². The molecule has 104 valence electrons. The van der Waals surface area contributed by atoms with Gasteiger partial charge in [-0.15, -0.1) is 11.8 Å². The number of nitrogens with one attached hydrogen (secondary N) is 1. The Kier molecular flexibility index (Phi) is 4.44. The maximum Gasteiger partial charge on any atom is 0.0644 e. The first-order valence-electron chi connectivity index (χ1n) is 7.32. The van der Waals surface area contributed by atoms with Crippen molar-refractivity contribution in [2.45, 2.75) is 30.7 Å². The van der Waals surface area contributed by atoms with Crippen LogP contribution in [-0.4, -0.2) is 17.2 Å². The molecule has 2 atom stereocenters. The maximum atomic E-state index is 3.78. The Morgan fingerprint density at radius 3 is 2.00 bits per heavy atom. The molecule has 1 saturated heterocycles. The molecule has 0 aromatic heterocycles.